The van der Waals surface area contributed by atoms with Crippen LogP contribution in [0.25, 0.3) is 0 Å². The molecule has 2 saturated heterocycles. The summed E-state index contributed by atoms with van der Waals surface area (Å²) in [6, 6.07) is 0.526. The van der Waals surface area contributed by atoms with E-state index in [2.05, 4.69) is 19.7 Å². The van der Waals surface area contributed by atoms with Crippen molar-refractivity contribution in [3.05, 3.63) is 0 Å². The van der Waals surface area contributed by atoms with E-state index in [4.69, 9.17) is 4.74 Å². The molecule has 0 spiro atoms. The summed E-state index contributed by atoms with van der Waals surface area (Å²) in [6.07, 6.45) is 6.17. The summed E-state index contributed by atoms with van der Waals surface area (Å²) in [7, 11) is 0. The highest BCUT2D eigenvalue weighted by atomic mass is 32.2. The van der Waals surface area contributed by atoms with Gasteiger partial charge < -0.3 is 14.5 Å². The molecule has 24 heavy (non-hydrogen) atoms. The lowest BCUT2D eigenvalue weighted by molar-refractivity contribution is -0.132. The second-order valence-electron chi connectivity index (χ2n) is 6.71. The van der Waals surface area contributed by atoms with Gasteiger partial charge in [0.2, 0.25) is 11.9 Å². The third-order valence-electron chi connectivity index (χ3n) is 4.89. The molecular formula is C16H25N5O2S. The summed E-state index contributed by atoms with van der Waals surface area (Å²) < 4.78 is 7.59. The van der Waals surface area contributed by atoms with Gasteiger partial charge in [-0.15, -0.1) is 10.2 Å². The molecule has 4 rings (SSSR count). The molecule has 0 radical (unpaired) electrons. The van der Waals surface area contributed by atoms with Gasteiger partial charge in [-0.3, -0.25) is 9.36 Å². The smallest absolute Gasteiger partial charge is 0.233 e. The molecule has 3 aliphatic rings. The molecule has 1 aliphatic carbocycles. The molecule has 132 valence electrons. The number of nitrogens with zero attached hydrogens (tertiary/aromatic N) is 5. The largest absolute Gasteiger partial charge is 0.378 e. The molecule has 1 aromatic heterocycles. The molecule has 0 bridgehead atoms. The third-order valence-corrected chi connectivity index (χ3v) is 5.81. The number of aromatic nitrogens is 3. The highest BCUT2D eigenvalue weighted by Gasteiger charge is 2.32. The molecule has 0 unspecified atom stereocenters. The number of ether oxygens (including phenoxy) is 1. The lowest BCUT2D eigenvalue weighted by Gasteiger charge is -2.28. The minimum absolute atomic E-state index is 0.174. The maximum absolute atomic E-state index is 12.4. The van der Waals surface area contributed by atoms with Crippen LogP contribution in [-0.4, -0.2) is 70.7 Å². The van der Waals surface area contributed by atoms with E-state index in [1.54, 1.807) is 0 Å². The Morgan fingerprint density at radius 3 is 2.54 bits per heavy atom. The summed E-state index contributed by atoms with van der Waals surface area (Å²) in [4.78, 5) is 16.6. The van der Waals surface area contributed by atoms with E-state index >= 15 is 0 Å². The van der Waals surface area contributed by atoms with Crippen molar-refractivity contribution in [1.29, 1.82) is 0 Å². The first-order valence-corrected chi connectivity index (χ1v) is 9.99. The second kappa shape index (κ2) is 7.31. The molecule has 3 heterocycles. The molecule has 2 aliphatic heterocycles. The van der Waals surface area contributed by atoms with Crippen LogP contribution in [-0.2, 0) is 9.53 Å². The number of thioether (sulfide) groups is 1. The minimum atomic E-state index is 0.174. The fraction of sp³-hybridized carbons (Fsp3) is 0.812. The number of rotatable bonds is 5. The SMILES string of the molecule is O=C(CSc1nnc(N2CCCCC2)n1C1CC1)N1CCOCC1. The monoisotopic (exact) mass is 351 g/mol. The van der Waals surface area contributed by atoms with Crippen LogP contribution >= 0.6 is 11.8 Å². The zero-order chi connectivity index (χ0) is 16.4. The molecule has 3 fully saturated rings. The van der Waals surface area contributed by atoms with Crippen LogP contribution in [0.3, 0.4) is 0 Å². The van der Waals surface area contributed by atoms with Gasteiger partial charge >= 0.3 is 0 Å². The fourth-order valence-corrected chi connectivity index (χ4v) is 4.26. The van der Waals surface area contributed by atoms with Crippen molar-refractivity contribution in [2.24, 2.45) is 0 Å². The predicted molar refractivity (Wildman–Crippen MR) is 92.5 cm³/mol. The van der Waals surface area contributed by atoms with E-state index < -0.39 is 0 Å². The summed E-state index contributed by atoms with van der Waals surface area (Å²) in [6.45, 7) is 4.84. The van der Waals surface area contributed by atoms with E-state index in [1.165, 1.54) is 43.9 Å². The molecule has 0 N–H and O–H groups in total. The maximum Gasteiger partial charge on any atom is 0.233 e. The Morgan fingerprint density at radius 2 is 1.83 bits per heavy atom. The molecule has 1 amide bonds. The van der Waals surface area contributed by atoms with Gasteiger partial charge in [0, 0.05) is 32.2 Å². The van der Waals surface area contributed by atoms with Crippen molar-refractivity contribution in [1.82, 2.24) is 19.7 Å². The van der Waals surface area contributed by atoms with Gasteiger partial charge in [-0.05, 0) is 32.1 Å². The fourth-order valence-electron chi connectivity index (χ4n) is 3.36. The normalized spacial score (nSPS) is 22.0. The molecule has 1 aromatic rings. The summed E-state index contributed by atoms with van der Waals surface area (Å²) in [5, 5.41) is 9.78. The number of carbonyl (C=O) groups excluding carboxylic acids is 1. The molecule has 8 heteroatoms. The van der Waals surface area contributed by atoms with E-state index in [0.717, 1.165) is 24.2 Å². The molecular weight excluding hydrogens is 326 g/mol. The number of anilines is 1. The number of carbonyl (C=O) groups is 1. The zero-order valence-corrected chi connectivity index (χ0v) is 14.8. The highest BCUT2D eigenvalue weighted by molar-refractivity contribution is 7.99. The van der Waals surface area contributed by atoms with Gasteiger partial charge in [0.15, 0.2) is 5.16 Å². The highest BCUT2D eigenvalue weighted by Crippen LogP contribution is 2.41. The van der Waals surface area contributed by atoms with Crippen LogP contribution in [0.2, 0.25) is 0 Å². The average molecular weight is 351 g/mol. The van der Waals surface area contributed by atoms with Crippen LogP contribution in [0.1, 0.15) is 38.1 Å². The Bertz CT molecular complexity index is 577. The summed E-state index contributed by atoms with van der Waals surface area (Å²) >= 11 is 1.53. The van der Waals surface area contributed by atoms with Crippen LogP contribution in [0.5, 0.6) is 0 Å². The quantitative estimate of drug-likeness (QED) is 0.750. The average Bonchev–Trinajstić information content (AvgIpc) is 3.40. The molecule has 0 aromatic carbocycles. The molecule has 1 saturated carbocycles. The first-order valence-electron chi connectivity index (χ1n) is 9.01. The first kappa shape index (κ1) is 16.2. The van der Waals surface area contributed by atoms with Gasteiger partial charge in [0.25, 0.3) is 0 Å². The topological polar surface area (TPSA) is 63.5 Å². The van der Waals surface area contributed by atoms with Gasteiger partial charge in [-0.25, -0.2) is 0 Å². The summed E-state index contributed by atoms with van der Waals surface area (Å²) in [5.74, 6) is 1.62. The molecule has 0 atom stereocenters. The number of hydrogen-bond acceptors (Lipinski definition) is 6. The summed E-state index contributed by atoms with van der Waals surface area (Å²) in [5.41, 5.74) is 0. The van der Waals surface area contributed by atoms with E-state index in [0.29, 0.717) is 38.1 Å². The van der Waals surface area contributed by atoms with E-state index in [9.17, 15) is 4.79 Å². The van der Waals surface area contributed by atoms with Crippen LogP contribution in [0.4, 0.5) is 5.95 Å². The zero-order valence-electron chi connectivity index (χ0n) is 14.0. The van der Waals surface area contributed by atoms with Crippen molar-refractivity contribution in [2.45, 2.75) is 43.3 Å². The van der Waals surface area contributed by atoms with Crippen LogP contribution in [0.15, 0.2) is 5.16 Å². The Hall–Kier alpha value is -1.28. The van der Waals surface area contributed by atoms with Crippen molar-refractivity contribution in [3.63, 3.8) is 0 Å². The Kier molecular flexibility index (Phi) is 4.93. The number of morpholine rings is 1. The van der Waals surface area contributed by atoms with Gasteiger partial charge in [-0.2, -0.15) is 0 Å². The van der Waals surface area contributed by atoms with Gasteiger partial charge in [0.05, 0.1) is 19.0 Å². The van der Waals surface area contributed by atoms with Gasteiger partial charge in [-0.1, -0.05) is 11.8 Å². The number of piperidine rings is 1. The Morgan fingerprint density at radius 1 is 1.08 bits per heavy atom. The predicted octanol–water partition coefficient (Wildman–Crippen LogP) is 1.55. The van der Waals surface area contributed by atoms with Gasteiger partial charge in [0.1, 0.15) is 0 Å². The van der Waals surface area contributed by atoms with Crippen molar-refractivity contribution in [2.75, 3.05) is 50.0 Å². The standard InChI is InChI=1S/C16H25N5O2S/c22-14(19-8-10-23-11-9-19)12-24-16-18-17-15(21(16)13-4-5-13)20-6-2-1-3-7-20/h13H,1-12H2. The van der Waals surface area contributed by atoms with E-state index in [1.807, 2.05) is 4.90 Å². The van der Waals surface area contributed by atoms with Crippen molar-refractivity contribution < 1.29 is 9.53 Å². The lowest BCUT2D eigenvalue weighted by Crippen LogP contribution is -2.41. The first-order chi connectivity index (χ1) is 11.8. The minimum Gasteiger partial charge on any atom is -0.378 e. The number of amides is 1. The maximum atomic E-state index is 12.4. The lowest BCUT2D eigenvalue weighted by atomic mass is 10.1. The van der Waals surface area contributed by atoms with Crippen molar-refractivity contribution >= 4 is 23.6 Å². The second-order valence-corrected chi connectivity index (χ2v) is 7.66. The van der Waals surface area contributed by atoms with Crippen LogP contribution in [0, 0.1) is 0 Å². The Labute approximate surface area is 146 Å². The Balaban J connectivity index is 1.43. The number of hydrogen-bond donors (Lipinski definition) is 0. The van der Waals surface area contributed by atoms with Crippen LogP contribution < -0.4 is 4.90 Å². The van der Waals surface area contributed by atoms with E-state index in [-0.39, 0.29) is 5.91 Å². The third kappa shape index (κ3) is 3.54. The molecule has 7 nitrogen and oxygen atoms in total. The van der Waals surface area contributed by atoms with Crippen molar-refractivity contribution in [3.8, 4) is 0 Å².